The van der Waals surface area contributed by atoms with Crippen molar-refractivity contribution < 1.29 is 18.8 Å². The van der Waals surface area contributed by atoms with Crippen LogP contribution in [0.4, 0.5) is 10.1 Å². The number of nitrogens with one attached hydrogen (secondary N) is 2. The Kier molecular flexibility index (Phi) is 10.9. The van der Waals surface area contributed by atoms with Crippen LogP contribution in [0.5, 0.6) is 0 Å². The first kappa shape index (κ1) is 33.1. The lowest BCUT2D eigenvalue weighted by Crippen LogP contribution is -2.53. The highest BCUT2D eigenvalue weighted by molar-refractivity contribution is 6.01. The van der Waals surface area contributed by atoms with Gasteiger partial charge >= 0.3 is 0 Å². The molecular weight excluding hydrogens is 571 g/mol. The van der Waals surface area contributed by atoms with Gasteiger partial charge in [0.2, 0.25) is 11.8 Å². The predicted molar refractivity (Wildman–Crippen MR) is 173 cm³/mol. The minimum absolute atomic E-state index is 0.0235. The first-order valence-corrected chi connectivity index (χ1v) is 17.1. The summed E-state index contributed by atoms with van der Waals surface area (Å²) in [6.07, 6.45) is 13.3. The van der Waals surface area contributed by atoms with Crippen LogP contribution < -0.4 is 16.4 Å². The molecule has 1 aliphatic heterocycles. The molecule has 1 aromatic heterocycles. The Morgan fingerprint density at radius 1 is 0.933 bits per heavy atom. The van der Waals surface area contributed by atoms with Crippen molar-refractivity contribution in [3.63, 3.8) is 0 Å². The van der Waals surface area contributed by atoms with Crippen molar-refractivity contribution in [1.82, 2.24) is 20.0 Å². The van der Waals surface area contributed by atoms with Gasteiger partial charge in [-0.05, 0) is 68.7 Å². The van der Waals surface area contributed by atoms with E-state index in [0.29, 0.717) is 36.2 Å². The molecule has 3 amide bonds. The summed E-state index contributed by atoms with van der Waals surface area (Å²) in [7, 11) is 0. The Morgan fingerprint density at radius 2 is 1.58 bits per heavy atom. The number of nitrogens with zero attached hydrogens (tertiary/aromatic N) is 3. The SMILES string of the molecule is CC(C)n1nccc1C(=O)N[C@H](C(=O)Nc1ccc([C@H](C)C(=O)N2CCC(N)C2)cc1F)C(C1CCCCC1)C1CCCCC1. The van der Waals surface area contributed by atoms with Crippen LogP contribution in [0.2, 0.25) is 0 Å². The van der Waals surface area contributed by atoms with E-state index in [0.717, 1.165) is 57.8 Å². The quantitative estimate of drug-likeness (QED) is 0.310. The van der Waals surface area contributed by atoms with Crippen molar-refractivity contribution in [1.29, 1.82) is 0 Å². The fourth-order valence-corrected chi connectivity index (χ4v) is 7.94. The lowest BCUT2D eigenvalue weighted by Gasteiger charge is -2.42. The number of carbonyl (C=O) groups is 3. The van der Waals surface area contributed by atoms with Gasteiger partial charge in [0.15, 0.2) is 0 Å². The number of amides is 3. The molecule has 5 rings (SSSR count). The summed E-state index contributed by atoms with van der Waals surface area (Å²) in [5, 5.41) is 10.3. The molecule has 3 fully saturated rings. The Hall–Kier alpha value is -3.27. The van der Waals surface area contributed by atoms with E-state index in [1.54, 1.807) is 34.8 Å². The molecule has 1 unspecified atom stereocenters. The van der Waals surface area contributed by atoms with Crippen molar-refractivity contribution in [2.45, 2.75) is 115 Å². The van der Waals surface area contributed by atoms with Gasteiger partial charge in [0, 0.05) is 31.4 Å². The number of nitrogens with two attached hydrogens (primary N) is 1. The van der Waals surface area contributed by atoms with Crippen LogP contribution in [0.25, 0.3) is 0 Å². The fourth-order valence-electron chi connectivity index (χ4n) is 7.94. The largest absolute Gasteiger partial charge is 0.341 e. The molecule has 45 heavy (non-hydrogen) atoms. The van der Waals surface area contributed by atoms with Crippen LogP contribution in [0, 0.1) is 23.6 Å². The highest BCUT2D eigenvalue weighted by atomic mass is 19.1. The number of benzene rings is 1. The molecule has 2 saturated carbocycles. The van der Waals surface area contributed by atoms with Gasteiger partial charge in [0.25, 0.3) is 5.91 Å². The van der Waals surface area contributed by atoms with Crippen molar-refractivity contribution in [2.75, 3.05) is 18.4 Å². The summed E-state index contributed by atoms with van der Waals surface area (Å²) in [6, 6.07) is 5.38. The van der Waals surface area contributed by atoms with Crippen molar-refractivity contribution in [3.8, 4) is 0 Å². The lowest BCUT2D eigenvalue weighted by atomic mass is 9.66. The monoisotopic (exact) mass is 622 g/mol. The maximum atomic E-state index is 15.6. The molecule has 3 atom stereocenters. The van der Waals surface area contributed by atoms with Crippen molar-refractivity contribution >= 4 is 23.4 Å². The van der Waals surface area contributed by atoms with Crippen LogP contribution in [0.1, 0.15) is 119 Å². The molecular formula is C35H51FN6O3. The summed E-state index contributed by atoms with van der Waals surface area (Å²) in [4.78, 5) is 42.8. The van der Waals surface area contributed by atoms with E-state index in [2.05, 4.69) is 15.7 Å². The third-order valence-corrected chi connectivity index (χ3v) is 10.4. The van der Waals surface area contributed by atoms with Gasteiger partial charge in [0.1, 0.15) is 17.6 Å². The third-order valence-electron chi connectivity index (χ3n) is 10.4. The Bertz CT molecular complexity index is 1310. The van der Waals surface area contributed by atoms with E-state index >= 15 is 4.39 Å². The van der Waals surface area contributed by atoms with Crippen molar-refractivity contribution in [2.24, 2.45) is 23.5 Å². The molecule has 4 N–H and O–H groups in total. The number of hydrogen-bond donors (Lipinski definition) is 3. The molecule has 10 heteroatoms. The van der Waals surface area contributed by atoms with Gasteiger partial charge in [-0.15, -0.1) is 0 Å². The summed E-state index contributed by atoms with van der Waals surface area (Å²) in [5.41, 5.74) is 6.98. The number of halogens is 1. The van der Waals surface area contributed by atoms with E-state index in [-0.39, 0.29) is 35.5 Å². The highest BCUT2D eigenvalue weighted by Gasteiger charge is 2.41. The third kappa shape index (κ3) is 7.76. The average Bonchev–Trinajstić information content (AvgIpc) is 3.72. The van der Waals surface area contributed by atoms with Crippen molar-refractivity contribution in [3.05, 3.63) is 47.5 Å². The van der Waals surface area contributed by atoms with Gasteiger partial charge in [-0.3, -0.25) is 19.1 Å². The molecule has 0 spiro atoms. The van der Waals surface area contributed by atoms with Crippen LogP contribution >= 0.6 is 0 Å². The van der Waals surface area contributed by atoms with Gasteiger partial charge < -0.3 is 21.3 Å². The Labute approximate surface area is 266 Å². The topological polar surface area (TPSA) is 122 Å². The minimum atomic E-state index is -0.821. The highest BCUT2D eigenvalue weighted by Crippen LogP contribution is 2.42. The second-order valence-electron chi connectivity index (χ2n) is 13.9. The second kappa shape index (κ2) is 14.9. The molecule has 2 aromatic rings. The standard InChI is InChI=1S/C35H51FN6O3/c1-22(2)42-30(16-18-38-42)33(43)40-32(31(24-10-6-4-7-11-24)25-12-8-5-9-13-25)34(44)39-29-15-14-26(20-28(29)36)23(3)35(45)41-19-17-27(37)21-41/h14-16,18,20,22-25,27,31-32H,4-13,17,19,21,37H2,1-3H3,(H,39,44)(H,40,43)/t23-,27?,32-/m0/s1. The van der Waals surface area contributed by atoms with E-state index < -0.39 is 23.7 Å². The molecule has 2 heterocycles. The number of rotatable bonds is 10. The van der Waals surface area contributed by atoms with Gasteiger partial charge in [0.05, 0.1) is 11.6 Å². The summed E-state index contributed by atoms with van der Waals surface area (Å²) in [6.45, 7) is 6.80. The summed E-state index contributed by atoms with van der Waals surface area (Å²) < 4.78 is 17.3. The molecule has 9 nitrogen and oxygen atoms in total. The maximum Gasteiger partial charge on any atom is 0.270 e. The summed E-state index contributed by atoms with van der Waals surface area (Å²) >= 11 is 0. The molecule has 1 saturated heterocycles. The normalized spacial score (nSPS) is 21.2. The van der Waals surface area contributed by atoms with Gasteiger partial charge in [-0.25, -0.2) is 4.39 Å². The second-order valence-corrected chi connectivity index (χ2v) is 13.9. The number of aromatic nitrogens is 2. The van der Waals surface area contributed by atoms with E-state index in [9.17, 15) is 14.4 Å². The number of likely N-dealkylation sites (tertiary alicyclic amines) is 1. The summed E-state index contributed by atoms with van der Waals surface area (Å²) in [5.74, 6) is -1.38. The zero-order valence-electron chi connectivity index (χ0n) is 27.1. The van der Waals surface area contributed by atoms with Crippen LogP contribution in [0.15, 0.2) is 30.5 Å². The van der Waals surface area contributed by atoms with E-state index in [1.807, 2.05) is 13.8 Å². The molecule has 0 radical (unpaired) electrons. The number of hydrogen-bond acceptors (Lipinski definition) is 5. The minimum Gasteiger partial charge on any atom is -0.341 e. The zero-order chi connectivity index (χ0) is 32.1. The molecule has 2 aliphatic carbocycles. The van der Waals surface area contributed by atoms with Gasteiger partial charge in [-0.2, -0.15) is 5.10 Å². The number of carbonyl (C=O) groups excluding carboxylic acids is 3. The first-order valence-electron chi connectivity index (χ1n) is 17.1. The average molecular weight is 623 g/mol. The molecule has 0 bridgehead atoms. The van der Waals surface area contributed by atoms with Gasteiger partial charge in [-0.1, -0.05) is 70.3 Å². The molecule has 3 aliphatic rings. The van der Waals surface area contributed by atoms with Crippen LogP contribution in [-0.4, -0.2) is 57.6 Å². The van der Waals surface area contributed by atoms with Crippen LogP contribution in [-0.2, 0) is 9.59 Å². The molecule has 246 valence electrons. The maximum absolute atomic E-state index is 15.6. The Balaban J connectivity index is 1.41. The number of anilines is 1. The molecule has 1 aromatic carbocycles. The fraction of sp³-hybridized carbons (Fsp3) is 0.657. The zero-order valence-corrected chi connectivity index (χ0v) is 27.1. The lowest BCUT2D eigenvalue weighted by molar-refractivity contribution is -0.131. The van der Waals surface area contributed by atoms with E-state index in [1.165, 1.54) is 25.0 Å². The van der Waals surface area contributed by atoms with Crippen LogP contribution in [0.3, 0.4) is 0 Å². The smallest absolute Gasteiger partial charge is 0.270 e. The van der Waals surface area contributed by atoms with E-state index in [4.69, 9.17) is 5.73 Å². The predicted octanol–water partition coefficient (Wildman–Crippen LogP) is 5.78. The Morgan fingerprint density at radius 3 is 2.13 bits per heavy atom. The first-order chi connectivity index (χ1) is 21.6.